The first kappa shape index (κ1) is 13.1. The van der Waals surface area contributed by atoms with Crippen LogP contribution in [-0.4, -0.2) is 16.5 Å². The van der Waals surface area contributed by atoms with Crippen molar-refractivity contribution >= 4 is 5.69 Å². The molecule has 0 atom stereocenters. The third kappa shape index (κ3) is 3.35. The zero-order valence-corrected chi connectivity index (χ0v) is 11.8. The predicted molar refractivity (Wildman–Crippen MR) is 82.5 cm³/mol. The first-order valence-electron chi connectivity index (χ1n) is 7.53. The summed E-state index contributed by atoms with van der Waals surface area (Å²) < 4.78 is 0. The molecule has 1 aromatic carbocycles. The summed E-state index contributed by atoms with van der Waals surface area (Å²) in [6, 6.07) is 10.1. The minimum Gasteiger partial charge on any atom is -0.382 e. The van der Waals surface area contributed by atoms with E-state index < -0.39 is 0 Å². The number of anilines is 1. The van der Waals surface area contributed by atoms with Gasteiger partial charge in [0, 0.05) is 12.1 Å². The highest BCUT2D eigenvalue weighted by molar-refractivity contribution is 5.55. The van der Waals surface area contributed by atoms with E-state index in [-0.39, 0.29) is 0 Å². The summed E-state index contributed by atoms with van der Waals surface area (Å²) in [5.74, 6) is 1.60. The average Bonchev–Trinajstić information content (AvgIpc) is 2.55. The van der Waals surface area contributed by atoms with Gasteiger partial charge in [0.1, 0.15) is 0 Å². The molecule has 0 bridgehead atoms. The summed E-state index contributed by atoms with van der Waals surface area (Å²) in [5, 5.41) is 3.47. The molecule has 3 nitrogen and oxygen atoms in total. The number of nitrogens with one attached hydrogen (secondary N) is 1. The van der Waals surface area contributed by atoms with Crippen LogP contribution < -0.4 is 5.32 Å². The molecule has 1 saturated carbocycles. The quantitative estimate of drug-likeness (QED) is 0.904. The van der Waals surface area contributed by atoms with Crippen molar-refractivity contribution in [2.45, 2.75) is 32.1 Å². The normalized spacial score (nSPS) is 16.0. The maximum Gasteiger partial charge on any atom is 0.159 e. The summed E-state index contributed by atoms with van der Waals surface area (Å²) in [5.41, 5.74) is 2.08. The number of hydrogen-bond donors (Lipinski definition) is 1. The van der Waals surface area contributed by atoms with Gasteiger partial charge >= 0.3 is 0 Å². The monoisotopic (exact) mass is 267 g/mol. The van der Waals surface area contributed by atoms with E-state index in [1.54, 1.807) is 0 Å². The zero-order valence-electron chi connectivity index (χ0n) is 11.8. The van der Waals surface area contributed by atoms with Crippen LogP contribution in [0.5, 0.6) is 0 Å². The molecule has 3 heteroatoms. The lowest BCUT2D eigenvalue weighted by atomic mass is 9.89. The zero-order chi connectivity index (χ0) is 13.6. The third-order valence-electron chi connectivity index (χ3n) is 4.00. The molecule has 20 heavy (non-hydrogen) atoms. The molecule has 1 aliphatic rings. The predicted octanol–water partition coefficient (Wildman–Crippen LogP) is 4.14. The molecular formula is C17H21N3. The molecular weight excluding hydrogens is 246 g/mol. The second kappa shape index (κ2) is 6.51. The molecule has 1 fully saturated rings. The number of nitrogens with zero attached hydrogens (tertiary/aromatic N) is 2. The summed E-state index contributed by atoms with van der Waals surface area (Å²) in [7, 11) is 0. The highest BCUT2D eigenvalue weighted by atomic mass is 14.9. The van der Waals surface area contributed by atoms with Gasteiger partial charge in [-0.1, -0.05) is 49.6 Å². The van der Waals surface area contributed by atoms with E-state index in [0.29, 0.717) is 0 Å². The second-order valence-corrected chi connectivity index (χ2v) is 5.55. The van der Waals surface area contributed by atoms with Crippen molar-refractivity contribution in [2.75, 3.05) is 11.9 Å². The van der Waals surface area contributed by atoms with Gasteiger partial charge in [-0.25, -0.2) is 9.97 Å². The summed E-state index contributed by atoms with van der Waals surface area (Å²) in [6.45, 7) is 1.05. The molecule has 1 heterocycles. The maximum absolute atomic E-state index is 4.44. The first-order valence-corrected chi connectivity index (χ1v) is 7.53. The molecule has 2 aromatic rings. The lowest BCUT2D eigenvalue weighted by Crippen LogP contribution is -2.17. The highest BCUT2D eigenvalue weighted by Crippen LogP contribution is 2.24. The number of benzene rings is 1. The fourth-order valence-electron chi connectivity index (χ4n) is 2.81. The molecule has 3 rings (SSSR count). The standard InChI is InChI=1S/C17H21N3/c1-3-7-14(8-4-1)11-18-16-12-19-17(20-13-16)15-9-5-2-6-10-15/h2,5-6,9-10,12-14,18H,1,3-4,7-8,11H2. The number of hydrogen-bond acceptors (Lipinski definition) is 3. The van der Waals surface area contributed by atoms with E-state index in [9.17, 15) is 0 Å². The van der Waals surface area contributed by atoms with Gasteiger partial charge in [-0.3, -0.25) is 0 Å². The van der Waals surface area contributed by atoms with Gasteiger partial charge in [0.2, 0.25) is 0 Å². The molecule has 0 unspecified atom stereocenters. The number of rotatable bonds is 4. The van der Waals surface area contributed by atoms with Gasteiger partial charge in [0.05, 0.1) is 18.1 Å². The van der Waals surface area contributed by atoms with Crippen molar-refractivity contribution < 1.29 is 0 Å². The Balaban J connectivity index is 1.58. The van der Waals surface area contributed by atoms with E-state index in [0.717, 1.165) is 29.5 Å². The number of aromatic nitrogens is 2. The van der Waals surface area contributed by atoms with E-state index in [4.69, 9.17) is 0 Å². The minimum atomic E-state index is 0.786. The van der Waals surface area contributed by atoms with Crippen LogP contribution in [0.15, 0.2) is 42.7 Å². The molecule has 0 radical (unpaired) electrons. The van der Waals surface area contributed by atoms with Crippen molar-refractivity contribution in [3.05, 3.63) is 42.7 Å². The average molecular weight is 267 g/mol. The molecule has 1 aromatic heterocycles. The van der Waals surface area contributed by atoms with Crippen LogP contribution >= 0.6 is 0 Å². The maximum atomic E-state index is 4.44. The van der Waals surface area contributed by atoms with Gasteiger partial charge in [-0.05, 0) is 18.8 Å². The Hall–Kier alpha value is -1.90. The lowest BCUT2D eigenvalue weighted by molar-refractivity contribution is 0.373. The van der Waals surface area contributed by atoms with Crippen LogP contribution in [0.4, 0.5) is 5.69 Å². The highest BCUT2D eigenvalue weighted by Gasteiger charge is 2.12. The Bertz CT molecular complexity index is 516. The molecule has 1 aliphatic carbocycles. The van der Waals surface area contributed by atoms with Gasteiger partial charge in [0.25, 0.3) is 0 Å². The minimum absolute atomic E-state index is 0.786. The van der Waals surface area contributed by atoms with Gasteiger partial charge < -0.3 is 5.32 Å². The van der Waals surface area contributed by atoms with E-state index in [1.807, 2.05) is 42.7 Å². The first-order chi connectivity index (χ1) is 9.92. The van der Waals surface area contributed by atoms with Crippen LogP contribution in [0.1, 0.15) is 32.1 Å². The summed E-state index contributed by atoms with van der Waals surface area (Å²) in [4.78, 5) is 8.88. The largest absolute Gasteiger partial charge is 0.382 e. The van der Waals surface area contributed by atoms with E-state index in [1.165, 1.54) is 32.1 Å². The second-order valence-electron chi connectivity index (χ2n) is 5.55. The van der Waals surface area contributed by atoms with Crippen molar-refractivity contribution in [3.63, 3.8) is 0 Å². The summed E-state index contributed by atoms with van der Waals surface area (Å²) >= 11 is 0. The van der Waals surface area contributed by atoms with Crippen LogP contribution in [0, 0.1) is 5.92 Å². The lowest BCUT2D eigenvalue weighted by Gasteiger charge is -2.22. The fraction of sp³-hybridized carbons (Fsp3) is 0.412. The topological polar surface area (TPSA) is 37.8 Å². The Morgan fingerprint density at radius 3 is 2.35 bits per heavy atom. The molecule has 0 saturated heterocycles. The fourth-order valence-corrected chi connectivity index (χ4v) is 2.81. The molecule has 104 valence electrons. The van der Waals surface area contributed by atoms with E-state index >= 15 is 0 Å². The van der Waals surface area contributed by atoms with Crippen molar-refractivity contribution in [3.8, 4) is 11.4 Å². The van der Waals surface area contributed by atoms with Crippen molar-refractivity contribution in [1.82, 2.24) is 9.97 Å². The van der Waals surface area contributed by atoms with Gasteiger partial charge in [-0.15, -0.1) is 0 Å². The van der Waals surface area contributed by atoms with Crippen LogP contribution in [0.2, 0.25) is 0 Å². The van der Waals surface area contributed by atoms with Crippen LogP contribution in [-0.2, 0) is 0 Å². The van der Waals surface area contributed by atoms with Gasteiger partial charge in [0.15, 0.2) is 5.82 Å². The third-order valence-corrected chi connectivity index (χ3v) is 4.00. The molecule has 1 N–H and O–H groups in total. The smallest absolute Gasteiger partial charge is 0.159 e. The Labute approximate surface area is 120 Å². The molecule has 0 spiro atoms. The summed E-state index contributed by atoms with van der Waals surface area (Å²) in [6.07, 6.45) is 10.7. The Kier molecular flexibility index (Phi) is 4.26. The Morgan fingerprint density at radius 2 is 1.65 bits per heavy atom. The van der Waals surface area contributed by atoms with Gasteiger partial charge in [-0.2, -0.15) is 0 Å². The van der Waals surface area contributed by atoms with Crippen LogP contribution in [0.25, 0.3) is 11.4 Å². The molecule has 0 aliphatic heterocycles. The molecule has 0 amide bonds. The van der Waals surface area contributed by atoms with E-state index in [2.05, 4.69) is 15.3 Å². The SMILES string of the molecule is c1ccc(-c2ncc(NCC3CCCCC3)cn2)cc1. The van der Waals surface area contributed by atoms with Crippen LogP contribution in [0.3, 0.4) is 0 Å². The Morgan fingerprint density at radius 1 is 0.950 bits per heavy atom. The van der Waals surface area contributed by atoms with Crippen molar-refractivity contribution in [2.24, 2.45) is 5.92 Å². The van der Waals surface area contributed by atoms with Crippen molar-refractivity contribution in [1.29, 1.82) is 0 Å².